The van der Waals surface area contributed by atoms with Gasteiger partial charge in [0.15, 0.2) is 0 Å². The van der Waals surface area contributed by atoms with E-state index in [0.29, 0.717) is 25.4 Å². The van der Waals surface area contributed by atoms with Crippen LogP contribution >= 0.6 is 0 Å². The second-order valence-electron chi connectivity index (χ2n) is 10.4. The van der Waals surface area contributed by atoms with Crippen molar-refractivity contribution >= 4 is 11.9 Å². The van der Waals surface area contributed by atoms with Crippen LogP contribution in [0.2, 0.25) is 0 Å². The lowest BCUT2D eigenvalue weighted by atomic mass is 9.86. The minimum absolute atomic E-state index is 0.0870. The predicted octanol–water partition coefficient (Wildman–Crippen LogP) is 6.61. The van der Waals surface area contributed by atoms with Gasteiger partial charge in [0.05, 0.1) is 36.3 Å². The maximum Gasteiger partial charge on any atom is 0.311 e. The van der Waals surface area contributed by atoms with E-state index in [1.54, 1.807) is 0 Å². The van der Waals surface area contributed by atoms with Gasteiger partial charge in [0.1, 0.15) is 0 Å². The maximum absolute atomic E-state index is 12.0. The molecule has 0 heterocycles. The zero-order valence-corrected chi connectivity index (χ0v) is 21.1. The topological polar surface area (TPSA) is 61.8 Å². The highest BCUT2D eigenvalue weighted by Gasteiger charge is 2.30. The molecular weight excluding hydrogens is 392 g/mol. The van der Waals surface area contributed by atoms with Gasteiger partial charge in [-0.2, -0.15) is 0 Å². The van der Waals surface area contributed by atoms with Gasteiger partial charge in [-0.15, -0.1) is 0 Å². The van der Waals surface area contributed by atoms with Crippen molar-refractivity contribution in [3.8, 4) is 0 Å². The fraction of sp³-hybridized carbons (Fsp3) is 0.923. The standard InChI is InChI=1S/C26H48O5/c1-7-29-23(27)25(3,4)19-13-9-11-15-21(31-22-17-18-22)16-12-10-14-20-26(5,6)24(28)30-8-2/h21-22H,7-20H2,1-6H3. The fourth-order valence-electron chi connectivity index (χ4n) is 3.85. The zero-order chi connectivity index (χ0) is 23.3. The monoisotopic (exact) mass is 440 g/mol. The van der Waals surface area contributed by atoms with Crippen molar-refractivity contribution in [1.29, 1.82) is 0 Å². The highest BCUT2D eigenvalue weighted by atomic mass is 16.5. The molecule has 31 heavy (non-hydrogen) atoms. The Balaban J connectivity index is 2.23. The molecule has 0 atom stereocenters. The largest absolute Gasteiger partial charge is 0.466 e. The van der Waals surface area contributed by atoms with E-state index in [-0.39, 0.29) is 11.9 Å². The normalized spacial score (nSPS) is 14.7. The smallest absolute Gasteiger partial charge is 0.311 e. The first-order chi connectivity index (χ1) is 14.6. The molecule has 1 saturated carbocycles. The van der Waals surface area contributed by atoms with Crippen LogP contribution in [0.3, 0.4) is 0 Å². The van der Waals surface area contributed by atoms with Crippen molar-refractivity contribution in [1.82, 2.24) is 0 Å². The average molecular weight is 441 g/mol. The molecule has 1 aliphatic carbocycles. The van der Waals surface area contributed by atoms with Gasteiger partial charge in [0.2, 0.25) is 0 Å². The van der Waals surface area contributed by atoms with Gasteiger partial charge in [0.25, 0.3) is 0 Å². The van der Waals surface area contributed by atoms with Gasteiger partial charge in [-0.05, 0) is 80.1 Å². The number of ether oxygens (including phenoxy) is 3. The van der Waals surface area contributed by atoms with Crippen molar-refractivity contribution in [2.45, 2.75) is 131 Å². The SMILES string of the molecule is CCOC(=O)C(C)(C)CCCCCC(CCCCCC(C)(C)C(=O)OCC)OC1CC1. The van der Waals surface area contributed by atoms with Crippen molar-refractivity contribution < 1.29 is 23.8 Å². The van der Waals surface area contributed by atoms with Crippen LogP contribution in [-0.2, 0) is 23.8 Å². The van der Waals surface area contributed by atoms with Gasteiger partial charge < -0.3 is 14.2 Å². The molecule has 0 bridgehead atoms. The maximum atomic E-state index is 12.0. The molecule has 0 amide bonds. The molecule has 0 saturated heterocycles. The van der Waals surface area contributed by atoms with Crippen LogP contribution in [0.15, 0.2) is 0 Å². The lowest BCUT2D eigenvalue weighted by molar-refractivity contribution is -0.154. The number of hydrogen-bond acceptors (Lipinski definition) is 5. The Hall–Kier alpha value is -1.10. The van der Waals surface area contributed by atoms with E-state index < -0.39 is 10.8 Å². The van der Waals surface area contributed by atoms with Crippen LogP contribution in [0.1, 0.15) is 119 Å². The summed E-state index contributed by atoms with van der Waals surface area (Å²) < 4.78 is 16.6. The first-order valence-electron chi connectivity index (χ1n) is 12.6. The highest BCUT2D eigenvalue weighted by Crippen LogP contribution is 2.30. The molecule has 1 aliphatic rings. The van der Waals surface area contributed by atoms with E-state index in [1.165, 1.54) is 12.8 Å². The molecule has 5 nitrogen and oxygen atoms in total. The Morgan fingerprint density at radius 1 is 0.742 bits per heavy atom. The van der Waals surface area contributed by atoms with E-state index >= 15 is 0 Å². The van der Waals surface area contributed by atoms with Crippen LogP contribution in [-0.4, -0.2) is 37.4 Å². The molecule has 0 radical (unpaired) electrons. The van der Waals surface area contributed by atoms with E-state index in [4.69, 9.17) is 14.2 Å². The fourth-order valence-corrected chi connectivity index (χ4v) is 3.85. The summed E-state index contributed by atoms with van der Waals surface area (Å²) in [6.45, 7) is 12.5. The summed E-state index contributed by atoms with van der Waals surface area (Å²) in [5.41, 5.74) is -0.783. The minimum atomic E-state index is -0.392. The van der Waals surface area contributed by atoms with Crippen molar-refractivity contribution in [3.05, 3.63) is 0 Å². The van der Waals surface area contributed by atoms with E-state index in [0.717, 1.165) is 64.2 Å². The van der Waals surface area contributed by atoms with Gasteiger partial charge >= 0.3 is 11.9 Å². The van der Waals surface area contributed by atoms with Crippen LogP contribution < -0.4 is 0 Å². The van der Waals surface area contributed by atoms with Crippen LogP contribution in [0, 0.1) is 10.8 Å². The Kier molecular flexibility index (Phi) is 12.7. The molecule has 0 aliphatic heterocycles. The lowest BCUT2D eigenvalue weighted by Crippen LogP contribution is -2.26. The Bertz CT molecular complexity index is 482. The summed E-state index contributed by atoms with van der Waals surface area (Å²) in [7, 11) is 0. The Morgan fingerprint density at radius 3 is 1.52 bits per heavy atom. The van der Waals surface area contributed by atoms with E-state index in [9.17, 15) is 9.59 Å². The summed E-state index contributed by atoms with van der Waals surface area (Å²) in [5.74, 6) is -0.174. The Morgan fingerprint density at radius 2 is 1.16 bits per heavy atom. The first-order valence-corrected chi connectivity index (χ1v) is 12.6. The van der Waals surface area contributed by atoms with Gasteiger partial charge in [-0.25, -0.2) is 0 Å². The van der Waals surface area contributed by atoms with Crippen LogP contribution in [0.4, 0.5) is 0 Å². The number of unbranched alkanes of at least 4 members (excludes halogenated alkanes) is 4. The Labute approximate surface area is 191 Å². The summed E-state index contributed by atoms with van der Waals surface area (Å²) in [5, 5.41) is 0. The third-order valence-corrected chi connectivity index (χ3v) is 6.22. The summed E-state index contributed by atoms with van der Waals surface area (Å²) >= 11 is 0. The zero-order valence-electron chi connectivity index (χ0n) is 21.1. The second kappa shape index (κ2) is 14.1. The van der Waals surface area contributed by atoms with Crippen molar-refractivity contribution in [2.24, 2.45) is 10.8 Å². The molecule has 0 N–H and O–H groups in total. The summed E-state index contributed by atoms with van der Waals surface area (Å²) in [6.07, 6.45) is 13.8. The molecule has 1 rings (SSSR count). The quantitative estimate of drug-likeness (QED) is 0.177. The number of rotatable bonds is 18. The molecule has 0 aromatic heterocycles. The molecule has 0 aromatic carbocycles. The van der Waals surface area contributed by atoms with Gasteiger partial charge in [-0.1, -0.05) is 38.5 Å². The van der Waals surface area contributed by atoms with Gasteiger partial charge in [0, 0.05) is 0 Å². The number of carbonyl (C=O) groups excluding carboxylic acids is 2. The highest BCUT2D eigenvalue weighted by molar-refractivity contribution is 5.76. The van der Waals surface area contributed by atoms with Crippen molar-refractivity contribution in [3.63, 3.8) is 0 Å². The molecule has 5 heteroatoms. The summed E-state index contributed by atoms with van der Waals surface area (Å²) in [6, 6.07) is 0. The predicted molar refractivity (Wildman–Crippen MR) is 125 cm³/mol. The second-order valence-corrected chi connectivity index (χ2v) is 10.4. The van der Waals surface area contributed by atoms with Crippen LogP contribution in [0.5, 0.6) is 0 Å². The van der Waals surface area contributed by atoms with E-state index in [1.807, 2.05) is 41.5 Å². The number of carbonyl (C=O) groups is 2. The molecule has 1 fully saturated rings. The lowest BCUT2D eigenvalue weighted by Gasteiger charge is -2.23. The number of hydrogen-bond donors (Lipinski definition) is 0. The summed E-state index contributed by atoms with van der Waals surface area (Å²) in [4.78, 5) is 24.0. The molecule has 182 valence electrons. The average Bonchev–Trinajstić information content (AvgIpc) is 3.51. The van der Waals surface area contributed by atoms with Crippen molar-refractivity contribution in [2.75, 3.05) is 13.2 Å². The number of esters is 2. The molecule has 0 unspecified atom stereocenters. The van der Waals surface area contributed by atoms with Gasteiger partial charge in [-0.3, -0.25) is 9.59 Å². The third kappa shape index (κ3) is 11.9. The molecular formula is C26H48O5. The molecule has 0 aromatic rings. The first kappa shape index (κ1) is 27.9. The van der Waals surface area contributed by atoms with E-state index in [2.05, 4.69) is 0 Å². The third-order valence-electron chi connectivity index (χ3n) is 6.22. The van der Waals surface area contributed by atoms with Crippen LogP contribution in [0.25, 0.3) is 0 Å². The minimum Gasteiger partial charge on any atom is -0.466 e. The molecule has 0 spiro atoms.